The molecule has 6 nitrogen and oxygen atoms in total. The van der Waals surface area contributed by atoms with Crippen LogP contribution in [0, 0.1) is 0 Å². The van der Waals surface area contributed by atoms with Gasteiger partial charge in [0, 0.05) is 38.2 Å². The molecule has 1 aliphatic rings. The Labute approximate surface area is 123 Å². The fourth-order valence-electron chi connectivity index (χ4n) is 2.34. The standard InChI is InChI=1S/C15H17N5O/c21-15(13-11-16-5-6-17-13)19-10-12-3-4-14(18-9-12)20-7-1-2-8-20/h3-6,9,11H,1-2,7-8,10H2,(H,19,21). The first-order valence-electron chi connectivity index (χ1n) is 7.07. The SMILES string of the molecule is O=C(NCc1ccc(N2CCCC2)nc1)c1cnccn1. The largest absolute Gasteiger partial charge is 0.357 e. The van der Waals surface area contributed by atoms with Crippen LogP contribution in [0.15, 0.2) is 36.9 Å². The molecule has 0 unspecified atom stereocenters. The van der Waals surface area contributed by atoms with Crippen molar-refractivity contribution in [1.29, 1.82) is 0 Å². The number of carbonyl (C=O) groups is 1. The molecule has 1 fully saturated rings. The monoisotopic (exact) mass is 283 g/mol. The number of amides is 1. The van der Waals surface area contributed by atoms with Crippen LogP contribution in [0.2, 0.25) is 0 Å². The van der Waals surface area contributed by atoms with Crippen molar-refractivity contribution in [3.8, 4) is 0 Å². The Balaban J connectivity index is 1.57. The molecule has 2 aromatic rings. The topological polar surface area (TPSA) is 71.0 Å². The average Bonchev–Trinajstić information content (AvgIpc) is 3.08. The third kappa shape index (κ3) is 3.34. The smallest absolute Gasteiger partial charge is 0.271 e. The second-order valence-electron chi connectivity index (χ2n) is 4.99. The lowest BCUT2D eigenvalue weighted by Gasteiger charge is -2.16. The predicted octanol–water partition coefficient (Wildman–Crippen LogP) is 1.40. The van der Waals surface area contributed by atoms with Crippen LogP contribution in [0.5, 0.6) is 0 Å². The normalized spacial score (nSPS) is 14.2. The first kappa shape index (κ1) is 13.5. The van der Waals surface area contributed by atoms with Crippen LogP contribution in [0.4, 0.5) is 5.82 Å². The zero-order valence-electron chi connectivity index (χ0n) is 11.7. The van der Waals surface area contributed by atoms with Gasteiger partial charge in [-0.3, -0.25) is 9.78 Å². The number of hydrogen-bond acceptors (Lipinski definition) is 5. The number of pyridine rings is 1. The van der Waals surface area contributed by atoms with Gasteiger partial charge in [0.2, 0.25) is 0 Å². The Bertz CT molecular complexity index is 593. The van der Waals surface area contributed by atoms with Gasteiger partial charge in [0.15, 0.2) is 0 Å². The summed E-state index contributed by atoms with van der Waals surface area (Å²) in [6.07, 6.45) is 8.77. The van der Waals surface area contributed by atoms with Crippen LogP contribution < -0.4 is 10.2 Å². The van der Waals surface area contributed by atoms with Crippen molar-refractivity contribution in [3.63, 3.8) is 0 Å². The summed E-state index contributed by atoms with van der Waals surface area (Å²) in [6, 6.07) is 4.01. The molecule has 1 aliphatic heterocycles. The second-order valence-corrected chi connectivity index (χ2v) is 4.99. The number of anilines is 1. The summed E-state index contributed by atoms with van der Waals surface area (Å²) in [4.78, 5) is 26.4. The van der Waals surface area contributed by atoms with Gasteiger partial charge in [-0.15, -0.1) is 0 Å². The molecular formula is C15H17N5O. The van der Waals surface area contributed by atoms with Gasteiger partial charge in [-0.25, -0.2) is 9.97 Å². The van der Waals surface area contributed by atoms with Gasteiger partial charge in [0.05, 0.1) is 6.20 Å². The van der Waals surface area contributed by atoms with Gasteiger partial charge >= 0.3 is 0 Å². The van der Waals surface area contributed by atoms with Crippen LogP contribution in [-0.4, -0.2) is 33.9 Å². The van der Waals surface area contributed by atoms with Gasteiger partial charge in [0.25, 0.3) is 5.91 Å². The molecule has 1 N–H and O–H groups in total. The van der Waals surface area contributed by atoms with E-state index in [0.29, 0.717) is 12.2 Å². The highest BCUT2D eigenvalue weighted by atomic mass is 16.1. The first-order chi connectivity index (χ1) is 10.3. The van der Waals surface area contributed by atoms with Crippen molar-refractivity contribution in [2.45, 2.75) is 19.4 Å². The first-order valence-corrected chi connectivity index (χ1v) is 7.07. The maximum atomic E-state index is 11.9. The highest BCUT2D eigenvalue weighted by Crippen LogP contribution is 2.17. The molecule has 0 radical (unpaired) electrons. The third-order valence-electron chi connectivity index (χ3n) is 3.49. The molecule has 6 heteroatoms. The lowest BCUT2D eigenvalue weighted by Crippen LogP contribution is -2.24. The summed E-state index contributed by atoms with van der Waals surface area (Å²) in [5.41, 5.74) is 1.29. The Kier molecular flexibility index (Phi) is 4.04. The van der Waals surface area contributed by atoms with Crippen molar-refractivity contribution in [3.05, 3.63) is 48.2 Å². The molecule has 0 atom stereocenters. The highest BCUT2D eigenvalue weighted by Gasteiger charge is 2.13. The fraction of sp³-hybridized carbons (Fsp3) is 0.333. The predicted molar refractivity (Wildman–Crippen MR) is 78.9 cm³/mol. The Morgan fingerprint density at radius 3 is 2.67 bits per heavy atom. The van der Waals surface area contributed by atoms with Gasteiger partial charge in [-0.2, -0.15) is 0 Å². The fourth-order valence-corrected chi connectivity index (χ4v) is 2.34. The van der Waals surface area contributed by atoms with Crippen LogP contribution in [0.3, 0.4) is 0 Å². The summed E-state index contributed by atoms with van der Waals surface area (Å²) in [6.45, 7) is 2.59. The Morgan fingerprint density at radius 2 is 2.00 bits per heavy atom. The van der Waals surface area contributed by atoms with E-state index in [0.717, 1.165) is 24.5 Å². The van der Waals surface area contributed by atoms with Crippen LogP contribution in [0.25, 0.3) is 0 Å². The summed E-state index contributed by atoms with van der Waals surface area (Å²) in [7, 11) is 0. The molecular weight excluding hydrogens is 266 g/mol. The highest BCUT2D eigenvalue weighted by molar-refractivity contribution is 5.91. The van der Waals surface area contributed by atoms with E-state index in [1.807, 2.05) is 18.3 Å². The average molecular weight is 283 g/mol. The molecule has 2 aromatic heterocycles. The molecule has 3 rings (SSSR count). The van der Waals surface area contributed by atoms with Gasteiger partial charge in [-0.1, -0.05) is 6.07 Å². The minimum atomic E-state index is -0.230. The number of aromatic nitrogens is 3. The zero-order valence-corrected chi connectivity index (χ0v) is 11.7. The Hall–Kier alpha value is -2.50. The molecule has 0 saturated carbocycles. The van der Waals surface area contributed by atoms with Crippen molar-refractivity contribution in [2.75, 3.05) is 18.0 Å². The summed E-state index contributed by atoms with van der Waals surface area (Å²) in [5, 5.41) is 2.81. The Morgan fingerprint density at radius 1 is 1.14 bits per heavy atom. The van der Waals surface area contributed by atoms with E-state index in [-0.39, 0.29) is 5.91 Å². The molecule has 0 spiro atoms. The van der Waals surface area contributed by atoms with Crippen LogP contribution in [0.1, 0.15) is 28.9 Å². The summed E-state index contributed by atoms with van der Waals surface area (Å²) in [5.74, 6) is 0.781. The van der Waals surface area contributed by atoms with Gasteiger partial charge < -0.3 is 10.2 Å². The van der Waals surface area contributed by atoms with Gasteiger partial charge in [-0.05, 0) is 24.5 Å². The van der Waals surface area contributed by atoms with E-state index in [9.17, 15) is 4.79 Å². The summed E-state index contributed by atoms with van der Waals surface area (Å²) < 4.78 is 0. The minimum Gasteiger partial charge on any atom is -0.357 e. The number of hydrogen-bond donors (Lipinski definition) is 1. The van der Waals surface area contributed by atoms with E-state index >= 15 is 0 Å². The maximum absolute atomic E-state index is 11.9. The molecule has 0 aliphatic carbocycles. The van der Waals surface area contributed by atoms with E-state index in [1.165, 1.54) is 31.4 Å². The van der Waals surface area contributed by atoms with Crippen LogP contribution in [-0.2, 0) is 6.54 Å². The molecule has 21 heavy (non-hydrogen) atoms. The number of nitrogens with one attached hydrogen (secondary N) is 1. The second kappa shape index (κ2) is 6.30. The minimum absolute atomic E-state index is 0.230. The molecule has 0 bridgehead atoms. The molecule has 3 heterocycles. The van der Waals surface area contributed by atoms with E-state index in [4.69, 9.17) is 0 Å². The number of nitrogens with zero attached hydrogens (tertiary/aromatic N) is 4. The van der Waals surface area contributed by atoms with E-state index < -0.39 is 0 Å². The molecule has 108 valence electrons. The zero-order chi connectivity index (χ0) is 14.5. The van der Waals surface area contributed by atoms with E-state index in [1.54, 1.807) is 0 Å². The number of rotatable bonds is 4. The third-order valence-corrected chi connectivity index (χ3v) is 3.49. The van der Waals surface area contributed by atoms with Crippen molar-refractivity contribution in [1.82, 2.24) is 20.3 Å². The lowest BCUT2D eigenvalue weighted by molar-refractivity contribution is 0.0945. The van der Waals surface area contributed by atoms with E-state index in [2.05, 4.69) is 25.2 Å². The number of carbonyl (C=O) groups excluding carboxylic acids is 1. The quantitative estimate of drug-likeness (QED) is 0.918. The van der Waals surface area contributed by atoms with Crippen molar-refractivity contribution in [2.24, 2.45) is 0 Å². The molecule has 1 saturated heterocycles. The summed E-state index contributed by atoms with van der Waals surface area (Å²) >= 11 is 0. The van der Waals surface area contributed by atoms with Crippen molar-refractivity contribution >= 4 is 11.7 Å². The molecule has 1 amide bonds. The van der Waals surface area contributed by atoms with Crippen molar-refractivity contribution < 1.29 is 4.79 Å². The van der Waals surface area contributed by atoms with Crippen LogP contribution >= 0.6 is 0 Å². The lowest BCUT2D eigenvalue weighted by atomic mass is 10.2. The molecule has 0 aromatic carbocycles. The maximum Gasteiger partial charge on any atom is 0.271 e. The van der Waals surface area contributed by atoms with Gasteiger partial charge in [0.1, 0.15) is 11.5 Å².